The quantitative estimate of drug-likeness (QED) is 0.519. The van der Waals surface area contributed by atoms with Crippen molar-refractivity contribution in [2.75, 3.05) is 38.6 Å². The largest absolute Gasteiger partial charge is 0.357 e. The van der Waals surface area contributed by atoms with Gasteiger partial charge in [-0.1, -0.05) is 17.7 Å². The number of anilines is 1. The van der Waals surface area contributed by atoms with Crippen molar-refractivity contribution in [2.24, 2.45) is 4.99 Å². The maximum absolute atomic E-state index is 14.0. The van der Waals surface area contributed by atoms with E-state index in [1.165, 1.54) is 6.07 Å². The molecule has 1 saturated heterocycles. The molecule has 1 aromatic heterocycles. The highest BCUT2D eigenvalue weighted by atomic mass is 35.5. The fourth-order valence-electron chi connectivity index (χ4n) is 3.55. The molecule has 0 saturated carbocycles. The van der Waals surface area contributed by atoms with Crippen LogP contribution in [0.3, 0.4) is 0 Å². The van der Waals surface area contributed by atoms with E-state index in [0.717, 1.165) is 43.4 Å². The van der Waals surface area contributed by atoms with Crippen LogP contribution in [0.2, 0.25) is 5.02 Å². The number of pyridine rings is 1. The van der Waals surface area contributed by atoms with Gasteiger partial charge in [-0.15, -0.1) is 0 Å². The lowest BCUT2D eigenvalue weighted by molar-refractivity contribution is 0.392. The number of guanidine groups is 1. The van der Waals surface area contributed by atoms with E-state index in [9.17, 15) is 4.39 Å². The molecule has 1 fully saturated rings. The van der Waals surface area contributed by atoms with Gasteiger partial charge in [-0.25, -0.2) is 14.4 Å². The van der Waals surface area contributed by atoms with E-state index in [1.54, 1.807) is 12.3 Å². The molecule has 2 heterocycles. The van der Waals surface area contributed by atoms with Crippen LogP contribution in [-0.2, 0) is 13.1 Å². The summed E-state index contributed by atoms with van der Waals surface area (Å²) in [6.45, 7) is 5.56. The molecule has 2 aromatic rings. The summed E-state index contributed by atoms with van der Waals surface area (Å²) >= 11 is 6.29. The standard InChI is InChI=1S/C22H30ClFN6/c1-4-25-22(27-13-16-7-8-20(24)17(12-16)14-29(2)3)28-18-9-11-30(15-18)21-19(23)6-5-10-26-21/h5-8,10,12,18H,4,9,11,13-15H2,1-3H3,(H2,25,27,28). The molecule has 30 heavy (non-hydrogen) atoms. The molecule has 1 unspecified atom stereocenters. The van der Waals surface area contributed by atoms with Crippen LogP contribution >= 0.6 is 11.6 Å². The normalized spacial score (nSPS) is 16.9. The fourth-order valence-corrected chi connectivity index (χ4v) is 3.79. The summed E-state index contributed by atoms with van der Waals surface area (Å²) in [7, 11) is 3.86. The maximum atomic E-state index is 14.0. The van der Waals surface area contributed by atoms with Gasteiger partial charge in [-0.2, -0.15) is 0 Å². The summed E-state index contributed by atoms with van der Waals surface area (Å²) in [6.07, 6.45) is 2.74. The van der Waals surface area contributed by atoms with Crippen molar-refractivity contribution in [1.29, 1.82) is 0 Å². The third-order valence-electron chi connectivity index (χ3n) is 4.93. The lowest BCUT2D eigenvalue weighted by atomic mass is 10.1. The molecular formula is C22H30ClFN6. The number of aromatic nitrogens is 1. The first-order chi connectivity index (χ1) is 14.5. The van der Waals surface area contributed by atoms with Crippen molar-refractivity contribution in [3.8, 4) is 0 Å². The zero-order valence-corrected chi connectivity index (χ0v) is 18.6. The van der Waals surface area contributed by atoms with Crippen molar-refractivity contribution >= 4 is 23.4 Å². The summed E-state index contributed by atoms with van der Waals surface area (Å²) in [5, 5.41) is 7.48. The first-order valence-electron chi connectivity index (χ1n) is 10.3. The minimum atomic E-state index is -0.180. The van der Waals surface area contributed by atoms with Gasteiger partial charge in [0.15, 0.2) is 5.96 Å². The Morgan fingerprint density at radius 3 is 2.93 bits per heavy atom. The second kappa shape index (κ2) is 10.6. The van der Waals surface area contributed by atoms with Crippen LogP contribution < -0.4 is 15.5 Å². The lowest BCUT2D eigenvalue weighted by Gasteiger charge is -2.20. The summed E-state index contributed by atoms with van der Waals surface area (Å²) in [4.78, 5) is 13.3. The molecule has 6 nitrogen and oxygen atoms in total. The minimum absolute atomic E-state index is 0.180. The molecule has 2 N–H and O–H groups in total. The van der Waals surface area contributed by atoms with Gasteiger partial charge >= 0.3 is 0 Å². The molecule has 1 aliphatic heterocycles. The van der Waals surface area contributed by atoms with Crippen LogP contribution in [0.15, 0.2) is 41.5 Å². The molecule has 0 aliphatic carbocycles. The third-order valence-corrected chi connectivity index (χ3v) is 5.22. The molecule has 1 aromatic carbocycles. The highest BCUT2D eigenvalue weighted by molar-refractivity contribution is 6.32. The Morgan fingerprint density at radius 1 is 1.37 bits per heavy atom. The van der Waals surface area contributed by atoms with E-state index in [0.29, 0.717) is 23.7 Å². The average Bonchev–Trinajstić information content (AvgIpc) is 3.17. The smallest absolute Gasteiger partial charge is 0.191 e. The number of benzene rings is 1. The van der Waals surface area contributed by atoms with Gasteiger partial charge in [0.1, 0.15) is 11.6 Å². The van der Waals surface area contributed by atoms with E-state index in [1.807, 2.05) is 44.1 Å². The Balaban J connectivity index is 1.63. The number of hydrogen-bond acceptors (Lipinski definition) is 4. The van der Waals surface area contributed by atoms with E-state index < -0.39 is 0 Å². The molecular weight excluding hydrogens is 403 g/mol. The van der Waals surface area contributed by atoms with E-state index in [4.69, 9.17) is 16.6 Å². The predicted octanol–water partition coefficient (Wildman–Crippen LogP) is 3.27. The zero-order chi connectivity index (χ0) is 21.5. The number of nitrogens with one attached hydrogen (secondary N) is 2. The number of halogens is 2. The van der Waals surface area contributed by atoms with Crippen LogP contribution in [0.25, 0.3) is 0 Å². The van der Waals surface area contributed by atoms with Gasteiger partial charge in [-0.05, 0) is 57.3 Å². The first-order valence-corrected chi connectivity index (χ1v) is 10.7. The first kappa shape index (κ1) is 22.3. The Kier molecular flexibility index (Phi) is 7.87. The van der Waals surface area contributed by atoms with Crippen LogP contribution in [0, 0.1) is 5.82 Å². The highest BCUT2D eigenvalue weighted by Crippen LogP contribution is 2.25. The predicted molar refractivity (Wildman–Crippen MR) is 122 cm³/mol. The van der Waals surface area contributed by atoms with Crippen molar-refractivity contribution < 1.29 is 4.39 Å². The van der Waals surface area contributed by atoms with Crippen LogP contribution in [0.4, 0.5) is 10.2 Å². The zero-order valence-electron chi connectivity index (χ0n) is 17.8. The van der Waals surface area contributed by atoms with Crippen molar-refractivity contribution in [3.05, 3.63) is 58.5 Å². The maximum Gasteiger partial charge on any atom is 0.191 e. The van der Waals surface area contributed by atoms with Crippen molar-refractivity contribution in [2.45, 2.75) is 32.5 Å². The van der Waals surface area contributed by atoms with Crippen LogP contribution in [0.1, 0.15) is 24.5 Å². The summed E-state index contributed by atoms with van der Waals surface area (Å²) < 4.78 is 14.0. The molecule has 1 atom stereocenters. The molecule has 1 aliphatic rings. The highest BCUT2D eigenvalue weighted by Gasteiger charge is 2.25. The Labute approximate surface area is 183 Å². The van der Waals surface area contributed by atoms with Crippen molar-refractivity contribution in [3.63, 3.8) is 0 Å². The molecule has 0 bridgehead atoms. The summed E-state index contributed by atoms with van der Waals surface area (Å²) in [5.41, 5.74) is 1.67. The second-order valence-electron chi connectivity index (χ2n) is 7.74. The molecule has 0 spiro atoms. The number of rotatable bonds is 7. The van der Waals surface area contributed by atoms with Crippen LogP contribution in [0.5, 0.6) is 0 Å². The molecule has 162 valence electrons. The SMILES string of the molecule is CCNC(=NCc1ccc(F)c(CN(C)C)c1)NC1CCN(c2ncccc2Cl)C1. The second-order valence-corrected chi connectivity index (χ2v) is 8.15. The van der Waals surface area contributed by atoms with E-state index >= 15 is 0 Å². The molecule has 0 radical (unpaired) electrons. The average molecular weight is 433 g/mol. The van der Waals surface area contributed by atoms with E-state index in [2.05, 4.69) is 20.5 Å². The Bertz CT molecular complexity index is 872. The topological polar surface area (TPSA) is 55.8 Å². The van der Waals surface area contributed by atoms with Gasteiger partial charge in [0.2, 0.25) is 0 Å². The van der Waals surface area contributed by atoms with Gasteiger partial charge in [0.25, 0.3) is 0 Å². The van der Waals surface area contributed by atoms with Gasteiger partial charge in [0, 0.05) is 44.0 Å². The van der Waals surface area contributed by atoms with Gasteiger partial charge < -0.3 is 20.4 Å². The third kappa shape index (κ3) is 6.06. The van der Waals surface area contributed by atoms with E-state index in [-0.39, 0.29) is 11.9 Å². The summed E-state index contributed by atoms with van der Waals surface area (Å²) in [6, 6.07) is 9.16. The molecule has 8 heteroatoms. The monoisotopic (exact) mass is 432 g/mol. The minimum Gasteiger partial charge on any atom is -0.357 e. The Morgan fingerprint density at radius 2 is 2.20 bits per heavy atom. The fraction of sp³-hybridized carbons (Fsp3) is 0.455. The number of nitrogens with zero attached hydrogens (tertiary/aromatic N) is 4. The number of hydrogen-bond donors (Lipinski definition) is 2. The molecule has 0 amide bonds. The Hall–Kier alpha value is -2.38. The van der Waals surface area contributed by atoms with Gasteiger partial charge in [-0.3, -0.25) is 0 Å². The van der Waals surface area contributed by atoms with Crippen LogP contribution in [-0.4, -0.2) is 55.6 Å². The number of aliphatic imine (C=N–C) groups is 1. The van der Waals surface area contributed by atoms with Gasteiger partial charge in [0.05, 0.1) is 11.6 Å². The lowest BCUT2D eigenvalue weighted by Crippen LogP contribution is -2.44. The summed E-state index contributed by atoms with van der Waals surface area (Å²) in [5.74, 6) is 1.40. The molecule has 3 rings (SSSR count). The van der Waals surface area contributed by atoms with Crippen molar-refractivity contribution in [1.82, 2.24) is 20.5 Å².